The van der Waals surface area contributed by atoms with Crippen LogP contribution >= 0.6 is 0 Å². The summed E-state index contributed by atoms with van der Waals surface area (Å²) in [4.78, 5) is 6.86. The van der Waals surface area contributed by atoms with Gasteiger partial charge in [-0.3, -0.25) is 0 Å². The van der Waals surface area contributed by atoms with Gasteiger partial charge >= 0.3 is 0 Å². The highest BCUT2D eigenvalue weighted by molar-refractivity contribution is 5.84. The van der Waals surface area contributed by atoms with E-state index >= 15 is 0 Å². The van der Waals surface area contributed by atoms with Crippen LogP contribution in [-0.2, 0) is 6.54 Å². The van der Waals surface area contributed by atoms with Crippen molar-refractivity contribution < 1.29 is 0 Å². The van der Waals surface area contributed by atoms with Crippen LogP contribution < -0.4 is 10.2 Å². The van der Waals surface area contributed by atoms with Gasteiger partial charge in [-0.15, -0.1) is 6.58 Å². The summed E-state index contributed by atoms with van der Waals surface area (Å²) in [6.45, 7) is 10.9. The van der Waals surface area contributed by atoms with Crippen LogP contribution in [0.3, 0.4) is 0 Å². The number of hydrogen-bond donors (Lipinski definition) is 1. The Labute approximate surface area is 127 Å². The molecule has 0 spiro atoms. The molecule has 0 atom stereocenters. The molecule has 0 bridgehead atoms. The van der Waals surface area contributed by atoms with Crippen molar-refractivity contribution in [2.45, 2.75) is 20.4 Å². The van der Waals surface area contributed by atoms with E-state index in [1.807, 2.05) is 19.2 Å². The molecule has 2 aromatic rings. The number of para-hydroxylation sites is 1. The highest BCUT2D eigenvalue weighted by Crippen LogP contribution is 2.22. The molecule has 0 aliphatic rings. The van der Waals surface area contributed by atoms with Gasteiger partial charge in [0.05, 0.1) is 5.52 Å². The maximum absolute atomic E-state index is 4.75. The molecule has 0 saturated carbocycles. The van der Waals surface area contributed by atoms with E-state index in [2.05, 4.69) is 54.9 Å². The van der Waals surface area contributed by atoms with Gasteiger partial charge < -0.3 is 10.2 Å². The Kier molecular flexibility index (Phi) is 5.34. The van der Waals surface area contributed by atoms with Gasteiger partial charge in [0.25, 0.3) is 0 Å². The van der Waals surface area contributed by atoms with Gasteiger partial charge in [0.2, 0.25) is 0 Å². The first-order chi connectivity index (χ1) is 10.1. The summed E-state index contributed by atoms with van der Waals surface area (Å²) in [6.07, 6.45) is 1.90. The van der Waals surface area contributed by atoms with Crippen LogP contribution in [-0.4, -0.2) is 25.1 Å². The summed E-state index contributed by atoms with van der Waals surface area (Å²) < 4.78 is 0. The standard InChI is InChI=1S/C18H25N3/c1-5-10-21(4)18-11-15(13-19-12-14(2)3)16-8-6-7-9-17(16)20-18/h5-9,11,14,19H,1,10,12-13H2,2-4H3. The summed E-state index contributed by atoms with van der Waals surface area (Å²) in [5.74, 6) is 1.65. The second kappa shape index (κ2) is 7.23. The molecule has 0 aliphatic carbocycles. The van der Waals surface area contributed by atoms with Gasteiger partial charge in [0.15, 0.2) is 0 Å². The predicted octanol–water partition coefficient (Wildman–Crippen LogP) is 3.60. The monoisotopic (exact) mass is 283 g/mol. The molecule has 0 fully saturated rings. The van der Waals surface area contributed by atoms with Gasteiger partial charge in [0.1, 0.15) is 5.82 Å². The van der Waals surface area contributed by atoms with Gasteiger partial charge in [-0.05, 0) is 30.2 Å². The van der Waals surface area contributed by atoms with Crippen molar-refractivity contribution in [1.82, 2.24) is 10.3 Å². The lowest BCUT2D eigenvalue weighted by Gasteiger charge is -2.19. The molecule has 1 aromatic carbocycles. The van der Waals surface area contributed by atoms with Crippen molar-refractivity contribution in [2.24, 2.45) is 5.92 Å². The zero-order chi connectivity index (χ0) is 15.2. The molecule has 1 heterocycles. The van der Waals surface area contributed by atoms with E-state index in [1.54, 1.807) is 0 Å². The first-order valence-corrected chi connectivity index (χ1v) is 7.53. The molecular formula is C18H25N3. The van der Waals surface area contributed by atoms with Gasteiger partial charge in [-0.1, -0.05) is 38.1 Å². The summed E-state index contributed by atoms with van der Waals surface area (Å²) in [5, 5.41) is 4.75. The molecule has 0 saturated heterocycles. The summed E-state index contributed by atoms with van der Waals surface area (Å²) >= 11 is 0. The molecular weight excluding hydrogens is 258 g/mol. The third kappa shape index (κ3) is 4.05. The van der Waals surface area contributed by atoms with E-state index in [-0.39, 0.29) is 0 Å². The van der Waals surface area contributed by atoms with E-state index in [0.29, 0.717) is 5.92 Å². The van der Waals surface area contributed by atoms with Gasteiger partial charge in [0, 0.05) is 25.5 Å². The van der Waals surface area contributed by atoms with E-state index < -0.39 is 0 Å². The lowest BCUT2D eigenvalue weighted by atomic mass is 10.1. The van der Waals surface area contributed by atoms with Crippen LogP contribution in [0, 0.1) is 5.92 Å². The third-order valence-electron chi connectivity index (χ3n) is 3.45. The van der Waals surface area contributed by atoms with Crippen molar-refractivity contribution >= 4 is 16.7 Å². The number of fused-ring (bicyclic) bond motifs is 1. The lowest BCUT2D eigenvalue weighted by Crippen LogP contribution is -2.21. The number of likely N-dealkylation sites (N-methyl/N-ethyl adjacent to an activating group) is 1. The van der Waals surface area contributed by atoms with Crippen LogP contribution in [0.1, 0.15) is 19.4 Å². The quantitative estimate of drug-likeness (QED) is 0.787. The maximum Gasteiger partial charge on any atom is 0.129 e. The van der Waals surface area contributed by atoms with Gasteiger partial charge in [-0.25, -0.2) is 4.98 Å². The van der Waals surface area contributed by atoms with E-state index in [1.165, 1.54) is 10.9 Å². The molecule has 21 heavy (non-hydrogen) atoms. The van der Waals surface area contributed by atoms with Crippen LogP contribution in [0.2, 0.25) is 0 Å². The number of benzene rings is 1. The zero-order valence-corrected chi connectivity index (χ0v) is 13.3. The predicted molar refractivity (Wildman–Crippen MR) is 91.8 cm³/mol. The van der Waals surface area contributed by atoms with Crippen molar-refractivity contribution in [3.05, 3.63) is 48.6 Å². The highest BCUT2D eigenvalue weighted by atomic mass is 15.2. The fourth-order valence-corrected chi connectivity index (χ4v) is 2.36. The number of nitrogens with one attached hydrogen (secondary N) is 1. The fourth-order valence-electron chi connectivity index (χ4n) is 2.36. The second-order valence-electron chi connectivity index (χ2n) is 5.85. The van der Waals surface area contributed by atoms with Crippen LogP contribution in [0.25, 0.3) is 10.9 Å². The molecule has 112 valence electrons. The minimum absolute atomic E-state index is 0.654. The normalized spacial score (nSPS) is 11.0. The van der Waals surface area contributed by atoms with Crippen molar-refractivity contribution in [3.63, 3.8) is 0 Å². The molecule has 1 N–H and O–H groups in total. The van der Waals surface area contributed by atoms with Crippen LogP contribution in [0.4, 0.5) is 5.82 Å². The summed E-state index contributed by atoms with van der Waals surface area (Å²) in [5.41, 5.74) is 2.35. The Morgan fingerprint density at radius 3 is 2.81 bits per heavy atom. The average Bonchev–Trinajstić information content (AvgIpc) is 2.47. The minimum atomic E-state index is 0.654. The van der Waals surface area contributed by atoms with Crippen LogP contribution in [0.15, 0.2) is 43.0 Å². The van der Waals surface area contributed by atoms with E-state index in [4.69, 9.17) is 4.98 Å². The molecule has 3 nitrogen and oxygen atoms in total. The zero-order valence-electron chi connectivity index (χ0n) is 13.3. The molecule has 1 aromatic heterocycles. The first kappa shape index (κ1) is 15.5. The topological polar surface area (TPSA) is 28.2 Å². The Balaban J connectivity index is 2.33. The highest BCUT2D eigenvalue weighted by Gasteiger charge is 2.08. The molecule has 3 heteroatoms. The Morgan fingerprint density at radius 2 is 2.10 bits per heavy atom. The number of pyridine rings is 1. The van der Waals surface area contributed by atoms with Crippen molar-refractivity contribution in [1.29, 1.82) is 0 Å². The second-order valence-corrected chi connectivity index (χ2v) is 5.85. The third-order valence-corrected chi connectivity index (χ3v) is 3.45. The van der Waals surface area contributed by atoms with Crippen molar-refractivity contribution in [3.8, 4) is 0 Å². The van der Waals surface area contributed by atoms with Crippen molar-refractivity contribution in [2.75, 3.05) is 25.0 Å². The number of aromatic nitrogens is 1. The fraction of sp³-hybridized carbons (Fsp3) is 0.389. The van der Waals surface area contributed by atoms with Crippen LogP contribution in [0.5, 0.6) is 0 Å². The summed E-state index contributed by atoms with van der Waals surface area (Å²) in [6, 6.07) is 10.5. The Morgan fingerprint density at radius 1 is 1.33 bits per heavy atom. The summed E-state index contributed by atoms with van der Waals surface area (Å²) in [7, 11) is 2.05. The average molecular weight is 283 g/mol. The van der Waals surface area contributed by atoms with Gasteiger partial charge in [-0.2, -0.15) is 0 Å². The minimum Gasteiger partial charge on any atom is -0.356 e. The number of hydrogen-bond acceptors (Lipinski definition) is 3. The molecule has 2 rings (SSSR count). The molecule has 0 unspecified atom stereocenters. The lowest BCUT2D eigenvalue weighted by molar-refractivity contribution is 0.553. The number of anilines is 1. The molecule has 0 radical (unpaired) electrons. The molecule has 0 aliphatic heterocycles. The van der Waals surface area contributed by atoms with E-state index in [9.17, 15) is 0 Å². The smallest absolute Gasteiger partial charge is 0.129 e. The molecule has 0 amide bonds. The Hall–Kier alpha value is -1.87. The maximum atomic E-state index is 4.75. The first-order valence-electron chi connectivity index (χ1n) is 7.53. The Bertz CT molecular complexity index is 604. The number of nitrogens with zero attached hydrogens (tertiary/aromatic N) is 2. The van der Waals surface area contributed by atoms with E-state index in [0.717, 1.165) is 31.0 Å². The number of rotatable bonds is 7. The SMILES string of the molecule is C=CCN(C)c1cc(CNCC(C)C)c2ccccc2n1. The largest absolute Gasteiger partial charge is 0.356 e.